The summed E-state index contributed by atoms with van der Waals surface area (Å²) in [5.41, 5.74) is 5.08. The van der Waals surface area contributed by atoms with Crippen molar-refractivity contribution in [2.45, 2.75) is 13.5 Å². The maximum Gasteiger partial charge on any atom is 0.148 e. The molecule has 0 fully saturated rings. The fraction of sp³-hybridized carbons (Fsp3) is 0.0909. The summed E-state index contributed by atoms with van der Waals surface area (Å²) >= 11 is 0. The van der Waals surface area contributed by atoms with Gasteiger partial charge in [-0.15, -0.1) is 0 Å². The second-order valence-electron chi connectivity index (χ2n) is 6.29. The van der Waals surface area contributed by atoms with Crippen LogP contribution in [0.15, 0.2) is 66.9 Å². The smallest absolute Gasteiger partial charge is 0.148 e. The Labute approximate surface area is 157 Å². The van der Waals surface area contributed by atoms with Crippen molar-refractivity contribution in [3.63, 3.8) is 0 Å². The third-order valence-electron chi connectivity index (χ3n) is 4.54. The number of hydrogen-bond donors (Lipinski definition) is 3. The normalized spacial score (nSPS) is 10.9. The van der Waals surface area contributed by atoms with Gasteiger partial charge in [-0.3, -0.25) is 4.98 Å². The van der Waals surface area contributed by atoms with Gasteiger partial charge in [-0.25, -0.2) is 4.98 Å². The van der Waals surface area contributed by atoms with E-state index in [0.29, 0.717) is 22.6 Å². The molecule has 0 saturated carbocycles. The third-order valence-corrected chi connectivity index (χ3v) is 4.54. The van der Waals surface area contributed by atoms with Gasteiger partial charge < -0.3 is 15.2 Å². The topological polar surface area (TPSA) is 82.0 Å². The average Bonchev–Trinajstić information content (AvgIpc) is 3.16. The van der Waals surface area contributed by atoms with Crippen LogP contribution in [0.1, 0.15) is 11.3 Å². The van der Waals surface area contributed by atoms with Crippen molar-refractivity contribution in [2.24, 2.45) is 0 Å². The average molecular weight is 357 g/mol. The first kappa shape index (κ1) is 17.0. The van der Waals surface area contributed by atoms with Crippen LogP contribution in [0.25, 0.3) is 33.9 Å². The molecule has 2 aromatic heterocycles. The summed E-state index contributed by atoms with van der Waals surface area (Å²) < 4.78 is 0. The maximum atomic E-state index is 10.6. The highest BCUT2D eigenvalue weighted by molar-refractivity contribution is 5.82. The van der Waals surface area contributed by atoms with Crippen molar-refractivity contribution in [3.8, 4) is 39.7 Å². The van der Waals surface area contributed by atoms with Gasteiger partial charge in [-0.1, -0.05) is 60.7 Å². The molecule has 27 heavy (non-hydrogen) atoms. The number of aromatic amines is 1. The minimum Gasteiger partial charge on any atom is -0.505 e. The lowest BCUT2D eigenvalue weighted by Gasteiger charge is -2.09. The first-order valence-corrected chi connectivity index (χ1v) is 8.68. The molecule has 0 spiro atoms. The number of imidazole rings is 1. The molecule has 134 valence electrons. The second-order valence-corrected chi connectivity index (χ2v) is 6.29. The van der Waals surface area contributed by atoms with Crippen LogP contribution in [-0.2, 0) is 6.61 Å². The first-order valence-electron chi connectivity index (χ1n) is 8.68. The van der Waals surface area contributed by atoms with Crippen molar-refractivity contribution in [1.82, 2.24) is 15.0 Å². The molecule has 0 bridgehead atoms. The number of H-pyrrole nitrogens is 1. The number of aromatic nitrogens is 3. The summed E-state index contributed by atoms with van der Waals surface area (Å²) in [4.78, 5) is 12.3. The number of benzene rings is 2. The van der Waals surface area contributed by atoms with Crippen LogP contribution in [0.5, 0.6) is 5.75 Å². The fourth-order valence-corrected chi connectivity index (χ4v) is 3.13. The summed E-state index contributed by atoms with van der Waals surface area (Å²) in [5.74, 6) is 0.522. The van der Waals surface area contributed by atoms with E-state index in [1.807, 2.05) is 60.7 Å². The van der Waals surface area contributed by atoms with Crippen molar-refractivity contribution < 1.29 is 10.2 Å². The van der Waals surface area contributed by atoms with Gasteiger partial charge in [0.2, 0.25) is 0 Å². The molecular weight excluding hydrogens is 338 g/mol. The number of pyridine rings is 1. The summed E-state index contributed by atoms with van der Waals surface area (Å²) in [5, 5.41) is 20.3. The molecule has 0 aliphatic rings. The lowest BCUT2D eigenvalue weighted by atomic mass is 10.1. The van der Waals surface area contributed by atoms with Crippen molar-refractivity contribution in [1.29, 1.82) is 0 Å². The van der Waals surface area contributed by atoms with Crippen LogP contribution in [0, 0.1) is 6.92 Å². The SMILES string of the molecule is Cc1ncc(CO)c(-c2nc(-c3ccccc3)c(-c3ccccc3)[nH]2)c1O. The van der Waals surface area contributed by atoms with E-state index in [4.69, 9.17) is 4.98 Å². The van der Waals surface area contributed by atoms with Crippen LogP contribution in [0.4, 0.5) is 0 Å². The van der Waals surface area contributed by atoms with Gasteiger partial charge in [-0.2, -0.15) is 0 Å². The van der Waals surface area contributed by atoms with Crippen molar-refractivity contribution in [3.05, 3.63) is 78.1 Å². The van der Waals surface area contributed by atoms with Gasteiger partial charge in [0.05, 0.1) is 29.3 Å². The molecule has 4 aromatic rings. The van der Waals surface area contributed by atoms with Gasteiger partial charge in [0.25, 0.3) is 0 Å². The zero-order valence-electron chi connectivity index (χ0n) is 14.8. The van der Waals surface area contributed by atoms with Crippen LogP contribution in [-0.4, -0.2) is 25.2 Å². The molecule has 0 amide bonds. The zero-order valence-corrected chi connectivity index (χ0v) is 14.8. The number of nitrogens with one attached hydrogen (secondary N) is 1. The Balaban J connectivity index is 1.98. The van der Waals surface area contributed by atoms with E-state index in [9.17, 15) is 10.2 Å². The van der Waals surface area contributed by atoms with E-state index in [1.165, 1.54) is 0 Å². The number of aliphatic hydroxyl groups is 1. The second kappa shape index (κ2) is 7.05. The molecule has 0 atom stereocenters. The van der Waals surface area contributed by atoms with E-state index < -0.39 is 0 Å². The van der Waals surface area contributed by atoms with E-state index in [-0.39, 0.29) is 12.4 Å². The van der Waals surface area contributed by atoms with Gasteiger partial charge in [-0.05, 0) is 6.92 Å². The highest BCUT2D eigenvalue weighted by atomic mass is 16.3. The van der Waals surface area contributed by atoms with Gasteiger partial charge in [0.1, 0.15) is 11.6 Å². The largest absolute Gasteiger partial charge is 0.505 e. The van der Waals surface area contributed by atoms with Crippen molar-refractivity contribution >= 4 is 0 Å². The molecular formula is C22H19N3O2. The zero-order chi connectivity index (χ0) is 18.8. The molecule has 2 aromatic carbocycles. The van der Waals surface area contributed by atoms with Crippen molar-refractivity contribution in [2.75, 3.05) is 0 Å². The Morgan fingerprint density at radius 3 is 2.19 bits per heavy atom. The quantitative estimate of drug-likeness (QED) is 0.508. The Bertz CT molecular complexity index is 1020. The molecule has 0 unspecified atom stereocenters. The molecule has 0 aliphatic carbocycles. The van der Waals surface area contributed by atoms with E-state index in [1.54, 1.807) is 13.1 Å². The minimum absolute atomic E-state index is 0.0227. The molecule has 0 saturated heterocycles. The van der Waals surface area contributed by atoms with Crippen LogP contribution >= 0.6 is 0 Å². The molecule has 2 heterocycles. The van der Waals surface area contributed by atoms with E-state index >= 15 is 0 Å². The Hall–Kier alpha value is -3.44. The number of nitrogens with zero attached hydrogens (tertiary/aromatic N) is 2. The number of aromatic hydroxyl groups is 1. The maximum absolute atomic E-state index is 10.6. The summed E-state index contributed by atoms with van der Waals surface area (Å²) in [6.07, 6.45) is 1.57. The van der Waals surface area contributed by atoms with Crippen LogP contribution in [0.2, 0.25) is 0 Å². The fourth-order valence-electron chi connectivity index (χ4n) is 3.13. The molecule has 0 radical (unpaired) electrons. The number of rotatable bonds is 4. The Morgan fingerprint density at radius 2 is 1.56 bits per heavy atom. The highest BCUT2D eigenvalue weighted by Gasteiger charge is 2.20. The summed E-state index contributed by atoms with van der Waals surface area (Å²) in [6, 6.07) is 19.8. The first-order chi connectivity index (χ1) is 13.2. The van der Waals surface area contributed by atoms with Gasteiger partial charge in [0.15, 0.2) is 0 Å². The molecule has 5 heteroatoms. The monoisotopic (exact) mass is 357 g/mol. The highest BCUT2D eigenvalue weighted by Crippen LogP contribution is 2.37. The number of aryl methyl sites for hydroxylation is 1. The summed E-state index contributed by atoms with van der Waals surface area (Å²) in [6.45, 7) is 1.48. The molecule has 0 aliphatic heterocycles. The molecule has 3 N–H and O–H groups in total. The predicted molar refractivity (Wildman–Crippen MR) is 105 cm³/mol. The number of hydrogen-bond acceptors (Lipinski definition) is 4. The molecule has 5 nitrogen and oxygen atoms in total. The third kappa shape index (κ3) is 3.09. The Morgan fingerprint density at radius 1 is 0.926 bits per heavy atom. The number of aliphatic hydroxyl groups excluding tert-OH is 1. The van der Waals surface area contributed by atoms with E-state index in [0.717, 1.165) is 22.5 Å². The van der Waals surface area contributed by atoms with Gasteiger partial charge >= 0.3 is 0 Å². The molecule has 4 rings (SSSR count). The van der Waals surface area contributed by atoms with E-state index in [2.05, 4.69) is 9.97 Å². The standard InChI is InChI=1S/C22H19N3O2/c1-14-21(27)18(17(13-26)12-23-14)22-24-19(15-8-4-2-5-9-15)20(25-22)16-10-6-3-7-11-16/h2-12,26-27H,13H2,1H3,(H,24,25). The predicted octanol–water partition coefficient (Wildman–Crippen LogP) is 4.31. The van der Waals surface area contributed by atoms with Crippen LogP contribution < -0.4 is 0 Å². The van der Waals surface area contributed by atoms with Crippen LogP contribution in [0.3, 0.4) is 0 Å². The lowest BCUT2D eigenvalue weighted by molar-refractivity contribution is 0.281. The lowest BCUT2D eigenvalue weighted by Crippen LogP contribution is -1.96. The summed E-state index contributed by atoms with van der Waals surface area (Å²) in [7, 11) is 0. The Kier molecular flexibility index (Phi) is 4.44. The minimum atomic E-state index is -0.238. The van der Waals surface area contributed by atoms with Gasteiger partial charge in [0, 0.05) is 22.9 Å².